The molecular formula is C16H18FN5O3. The van der Waals surface area contributed by atoms with E-state index in [1.807, 2.05) is 4.90 Å². The first-order valence-corrected chi connectivity index (χ1v) is 8.19. The van der Waals surface area contributed by atoms with E-state index in [0.29, 0.717) is 32.2 Å². The Morgan fingerprint density at radius 2 is 2.20 bits per heavy atom. The first-order chi connectivity index (χ1) is 12.1. The highest BCUT2D eigenvalue weighted by Gasteiger charge is 2.47. The van der Waals surface area contributed by atoms with E-state index in [0.717, 1.165) is 12.8 Å². The maximum absolute atomic E-state index is 12.9. The van der Waals surface area contributed by atoms with Crippen molar-refractivity contribution in [3.63, 3.8) is 0 Å². The second kappa shape index (κ2) is 6.40. The normalized spacial score (nSPS) is 21.8. The van der Waals surface area contributed by atoms with Crippen LogP contribution in [-0.2, 0) is 4.74 Å². The van der Waals surface area contributed by atoms with Gasteiger partial charge in [0.05, 0.1) is 38.3 Å². The minimum absolute atomic E-state index is 0.177. The number of nitrogens with one attached hydrogen (secondary N) is 1. The minimum atomic E-state index is -0.442. The summed E-state index contributed by atoms with van der Waals surface area (Å²) in [7, 11) is 0. The van der Waals surface area contributed by atoms with Gasteiger partial charge in [0.25, 0.3) is 5.91 Å². The summed E-state index contributed by atoms with van der Waals surface area (Å²) >= 11 is 0. The molecule has 9 heteroatoms. The Hall–Kier alpha value is -2.55. The molecule has 1 N–H and O–H groups in total. The van der Waals surface area contributed by atoms with Crippen LogP contribution in [0.4, 0.5) is 10.3 Å². The van der Waals surface area contributed by atoms with Crippen LogP contribution in [0.25, 0.3) is 0 Å². The minimum Gasteiger partial charge on any atom is -0.371 e. The van der Waals surface area contributed by atoms with Crippen molar-refractivity contribution in [2.75, 3.05) is 31.1 Å². The van der Waals surface area contributed by atoms with Crippen LogP contribution >= 0.6 is 0 Å². The summed E-state index contributed by atoms with van der Waals surface area (Å²) in [5.41, 5.74) is -0.177. The van der Waals surface area contributed by atoms with Crippen molar-refractivity contribution in [3.05, 3.63) is 36.2 Å². The van der Waals surface area contributed by atoms with Crippen LogP contribution in [0.5, 0.6) is 0 Å². The molecule has 0 aromatic carbocycles. The average molecular weight is 347 g/mol. The number of amides is 1. The first kappa shape index (κ1) is 15.9. The lowest BCUT2D eigenvalue weighted by atomic mass is 9.83. The predicted octanol–water partition coefficient (Wildman–Crippen LogP) is 1.02. The van der Waals surface area contributed by atoms with Gasteiger partial charge in [-0.2, -0.15) is 0 Å². The lowest BCUT2D eigenvalue weighted by Gasteiger charge is -2.52. The lowest BCUT2D eigenvalue weighted by Crippen LogP contribution is -2.65. The van der Waals surface area contributed by atoms with Gasteiger partial charge in [-0.15, -0.1) is 0 Å². The Labute approximate surface area is 143 Å². The lowest BCUT2D eigenvalue weighted by molar-refractivity contribution is -0.115. The molecule has 0 unspecified atom stereocenters. The van der Waals surface area contributed by atoms with Crippen LogP contribution in [0, 0.1) is 11.7 Å². The zero-order chi connectivity index (χ0) is 17.3. The number of carbonyl (C=O) groups is 1. The maximum atomic E-state index is 12.9. The quantitative estimate of drug-likeness (QED) is 0.882. The molecule has 132 valence electrons. The van der Waals surface area contributed by atoms with E-state index in [4.69, 9.17) is 9.26 Å². The number of nitrogens with zero attached hydrogens (tertiary/aromatic N) is 4. The Balaban J connectivity index is 1.23. The van der Waals surface area contributed by atoms with Crippen molar-refractivity contribution in [1.29, 1.82) is 0 Å². The number of hydrogen-bond acceptors (Lipinski definition) is 7. The molecule has 0 saturated carbocycles. The van der Waals surface area contributed by atoms with Gasteiger partial charge in [-0.1, -0.05) is 5.16 Å². The molecule has 1 amide bonds. The molecule has 4 rings (SSSR count). The molecule has 2 aliphatic rings. The Morgan fingerprint density at radius 1 is 1.40 bits per heavy atom. The van der Waals surface area contributed by atoms with Crippen LogP contribution in [0.1, 0.15) is 23.4 Å². The molecule has 8 nitrogen and oxygen atoms in total. The third-order valence-electron chi connectivity index (χ3n) is 4.69. The van der Waals surface area contributed by atoms with Crippen LogP contribution < -0.4 is 10.2 Å². The van der Waals surface area contributed by atoms with Crippen LogP contribution in [0.3, 0.4) is 0 Å². The molecule has 2 saturated heterocycles. The van der Waals surface area contributed by atoms with Gasteiger partial charge in [-0.05, 0) is 18.8 Å². The van der Waals surface area contributed by atoms with E-state index >= 15 is 0 Å². The van der Waals surface area contributed by atoms with Gasteiger partial charge in [0, 0.05) is 12.6 Å². The number of hydrogen-bond donors (Lipinski definition) is 1. The monoisotopic (exact) mass is 347 g/mol. The van der Waals surface area contributed by atoms with E-state index in [-0.39, 0.29) is 23.2 Å². The van der Waals surface area contributed by atoms with E-state index in [1.165, 1.54) is 24.7 Å². The molecule has 25 heavy (non-hydrogen) atoms. The van der Waals surface area contributed by atoms with Crippen molar-refractivity contribution in [3.8, 4) is 0 Å². The Morgan fingerprint density at radius 3 is 2.84 bits per heavy atom. The van der Waals surface area contributed by atoms with E-state index in [9.17, 15) is 9.18 Å². The first-order valence-electron chi connectivity index (χ1n) is 8.19. The third-order valence-corrected chi connectivity index (χ3v) is 4.69. The van der Waals surface area contributed by atoms with Crippen LogP contribution in [0.15, 0.2) is 29.2 Å². The topological polar surface area (TPSA) is 93.4 Å². The van der Waals surface area contributed by atoms with Gasteiger partial charge in [0.2, 0.25) is 11.7 Å². The van der Waals surface area contributed by atoms with Gasteiger partial charge in [0.1, 0.15) is 5.60 Å². The smallest absolute Gasteiger partial charge is 0.289 e. The van der Waals surface area contributed by atoms with Gasteiger partial charge >= 0.3 is 0 Å². The predicted molar refractivity (Wildman–Crippen MR) is 84.4 cm³/mol. The molecule has 2 aromatic rings. The van der Waals surface area contributed by atoms with E-state index in [1.54, 1.807) is 0 Å². The number of ether oxygens (including phenoxy) is 1. The van der Waals surface area contributed by atoms with Crippen molar-refractivity contribution in [1.82, 2.24) is 20.4 Å². The molecule has 0 aliphatic carbocycles. The van der Waals surface area contributed by atoms with Gasteiger partial charge in [-0.3, -0.25) is 4.79 Å². The molecule has 1 spiro atoms. The number of aromatic nitrogens is 3. The summed E-state index contributed by atoms with van der Waals surface area (Å²) in [5.74, 6) is 0.303. The fraction of sp³-hybridized carbons (Fsp3) is 0.500. The van der Waals surface area contributed by atoms with Gasteiger partial charge in [0.15, 0.2) is 5.82 Å². The largest absolute Gasteiger partial charge is 0.371 e. The SMILES string of the molecule is O=C(NC[C@@H]1CCC2(CN(c3ncc(F)cn3)C2)OC1)c1ccno1. The number of halogens is 1. The summed E-state index contributed by atoms with van der Waals surface area (Å²) in [5, 5.41) is 6.36. The summed E-state index contributed by atoms with van der Waals surface area (Å²) < 4.78 is 23.8. The summed E-state index contributed by atoms with van der Waals surface area (Å²) in [4.78, 5) is 21.8. The molecule has 2 fully saturated rings. The second-order valence-electron chi connectivity index (χ2n) is 6.54. The maximum Gasteiger partial charge on any atom is 0.289 e. The van der Waals surface area contributed by atoms with E-state index in [2.05, 4.69) is 20.4 Å². The molecule has 4 heterocycles. The van der Waals surface area contributed by atoms with Crippen molar-refractivity contribution < 1.29 is 18.4 Å². The number of anilines is 1. The number of rotatable bonds is 4. The van der Waals surface area contributed by atoms with Crippen LogP contribution in [0.2, 0.25) is 0 Å². The molecule has 1 atom stereocenters. The fourth-order valence-corrected chi connectivity index (χ4v) is 3.24. The highest BCUT2D eigenvalue weighted by atomic mass is 19.1. The highest BCUT2D eigenvalue weighted by Crippen LogP contribution is 2.37. The second-order valence-corrected chi connectivity index (χ2v) is 6.54. The zero-order valence-corrected chi connectivity index (χ0v) is 13.5. The number of carbonyl (C=O) groups excluding carboxylic acids is 1. The van der Waals surface area contributed by atoms with Crippen molar-refractivity contribution in [2.45, 2.75) is 18.4 Å². The molecular weight excluding hydrogens is 329 g/mol. The van der Waals surface area contributed by atoms with Crippen molar-refractivity contribution >= 4 is 11.9 Å². The molecule has 2 aromatic heterocycles. The Bertz CT molecular complexity index is 721. The molecule has 2 aliphatic heterocycles. The summed E-state index contributed by atoms with van der Waals surface area (Å²) in [6.45, 7) is 2.54. The summed E-state index contributed by atoms with van der Waals surface area (Å²) in [6.07, 6.45) is 5.66. The third kappa shape index (κ3) is 3.32. The zero-order valence-electron chi connectivity index (χ0n) is 13.5. The molecule has 0 bridgehead atoms. The summed E-state index contributed by atoms with van der Waals surface area (Å²) in [6, 6.07) is 1.53. The average Bonchev–Trinajstić information content (AvgIpc) is 3.14. The van der Waals surface area contributed by atoms with Gasteiger partial charge in [-0.25, -0.2) is 14.4 Å². The van der Waals surface area contributed by atoms with Crippen LogP contribution in [-0.4, -0.2) is 52.9 Å². The highest BCUT2D eigenvalue weighted by molar-refractivity contribution is 5.91. The molecule has 0 radical (unpaired) electrons. The fourth-order valence-electron chi connectivity index (χ4n) is 3.24. The van der Waals surface area contributed by atoms with Crippen molar-refractivity contribution in [2.24, 2.45) is 5.92 Å². The Kier molecular flexibility index (Phi) is 4.08. The standard InChI is InChI=1S/C16H18FN5O3/c17-12-6-19-15(20-7-12)22-9-16(10-22)3-1-11(8-24-16)5-18-14(23)13-2-4-21-25-13/h2,4,6-7,11H,1,3,5,8-10H2,(H,18,23)/t11-/m0/s1. The van der Waals surface area contributed by atoms with E-state index < -0.39 is 5.82 Å². The van der Waals surface area contributed by atoms with Gasteiger partial charge < -0.3 is 19.5 Å².